The summed E-state index contributed by atoms with van der Waals surface area (Å²) in [5.41, 5.74) is 3.92. The molecule has 0 aliphatic rings. The lowest BCUT2D eigenvalue weighted by Crippen LogP contribution is -2.28. The van der Waals surface area contributed by atoms with Crippen LogP contribution in [-0.4, -0.2) is 48.7 Å². The summed E-state index contributed by atoms with van der Waals surface area (Å²) >= 11 is 0. The van der Waals surface area contributed by atoms with Crippen molar-refractivity contribution in [2.75, 3.05) is 18.4 Å². The van der Waals surface area contributed by atoms with Gasteiger partial charge in [0.05, 0.1) is 16.7 Å². The van der Waals surface area contributed by atoms with Crippen LogP contribution in [0.5, 0.6) is 0 Å². The van der Waals surface area contributed by atoms with Crippen LogP contribution in [0.2, 0.25) is 0 Å². The molecular weight excluding hydrogens is 368 g/mol. The average Bonchev–Trinajstić information content (AvgIpc) is 3.09. The van der Waals surface area contributed by atoms with Crippen LogP contribution in [-0.2, 0) is 0 Å². The van der Waals surface area contributed by atoms with Crippen molar-refractivity contribution in [2.45, 2.75) is 13.8 Å². The maximum absolute atomic E-state index is 12.4. The third kappa shape index (κ3) is 4.18. The van der Waals surface area contributed by atoms with Gasteiger partial charge < -0.3 is 10.6 Å². The molecule has 0 spiro atoms. The van der Waals surface area contributed by atoms with Crippen molar-refractivity contribution in [1.82, 2.24) is 35.0 Å². The number of anilines is 1. The summed E-state index contributed by atoms with van der Waals surface area (Å²) in [5, 5.41) is 10.5. The highest BCUT2D eigenvalue weighted by Gasteiger charge is 2.08. The zero-order valence-electron chi connectivity index (χ0n) is 16.1. The highest BCUT2D eigenvalue weighted by atomic mass is 16.1. The first-order chi connectivity index (χ1) is 14.1. The van der Waals surface area contributed by atoms with E-state index in [2.05, 4.69) is 35.7 Å². The van der Waals surface area contributed by atoms with Gasteiger partial charge in [-0.3, -0.25) is 14.8 Å². The van der Waals surface area contributed by atoms with Gasteiger partial charge in [-0.2, -0.15) is 5.10 Å². The molecule has 2 N–H and O–H groups in total. The van der Waals surface area contributed by atoms with Crippen LogP contribution < -0.4 is 10.6 Å². The van der Waals surface area contributed by atoms with E-state index in [1.54, 1.807) is 35.3 Å². The Morgan fingerprint density at radius 3 is 2.59 bits per heavy atom. The number of amides is 1. The molecule has 1 aromatic carbocycles. The highest BCUT2D eigenvalue weighted by Crippen LogP contribution is 2.12. The third-order valence-corrected chi connectivity index (χ3v) is 4.33. The molecule has 146 valence electrons. The Kier molecular flexibility index (Phi) is 5.10. The molecule has 0 atom stereocenters. The molecule has 9 nitrogen and oxygen atoms in total. The fourth-order valence-electron chi connectivity index (χ4n) is 2.99. The smallest absolute Gasteiger partial charge is 0.251 e. The molecule has 0 radical (unpaired) electrons. The topological polar surface area (TPSA) is 111 Å². The molecule has 9 heteroatoms. The van der Waals surface area contributed by atoms with Crippen LogP contribution in [0.25, 0.3) is 16.9 Å². The second-order valence-corrected chi connectivity index (χ2v) is 6.54. The fourth-order valence-corrected chi connectivity index (χ4v) is 2.99. The maximum Gasteiger partial charge on any atom is 0.251 e. The van der Waals surface area contributed by atoms with Gasteiger partial charge in [0, 0.05) is 42.8 Å². The van der Waals surface area contributed by atoms with Gasteiger partial charge in [-0.25, -0.2) is 14.6 Å². The molecule has 0 saturated heterocycles. The van der Waals surface area contributed by atoms with Crippen LogP contribution in [0.4, 0.5) is 5.82 Å². The van der Waals surface area contributed by atoms with Crippen molar-refractivity contribution < 1.29 is 4.79 Å². The van der Waals surface area contributed by atoms with Gasteiger partial charge in [0.1, 0.15) is 12.1 Å². The Balaban J connectivity index is 1.34. The summed E-state index contributed by atoms with van der Waals surface area (Å²) in [6.45, 7) is 4.88. The lowest BCUT2D eigenvalue weighted by Gasteiger charge is -2.09. The summed E-state index contributed by atoms with van der Waals surface area (Å²) in [6.07, 6.45) is 4.72. The largest absolute Gasteiger partial charge is 0.368 e. The van der Waals surface area contributed by atoms with Crippen LogP contribution in [0.15, 0.2) is 49.1 Å². The number of hydrogen-bond donors (Lipinski definition) is 2. The van der Waals surface area contributed by atoms with Gasteiger partial charge in [0.15, 0.2) is 5.82 Å². The fraction of sp³-hybridized carbons (Fsp3) is 0.200. The zero-order chi connectivity index (χ0) is 20.2. The molecule has 1 amide bonds. The van der Waals surface area contributed by atoms with E-state index >= 15 is 0 Å². The monoisotopic (exact) mass is 388 g/mol. The first-order valence-electron chi connectivity index (χ1n) is 9.19. The van der Waals surface area contributed by atoms with Crippen molar-refractivity contribution in [1.29, 1.82) is 0 Å². The Morgan fingerprint density at radius 2 is 1.79 bits per heavy atom. The number of carbonyl (C=O) groups excluding carboxylic acids is 1. The average molecular weight is 388 g/mol. The van der Waals surface area contributed by atoms with Gasteiger partial charge in [-0.15, -0.1) is 0 Å². The van der Waals surface area contributed by atoms with E-state index in [0.29, 0.717) is 35.8 Å². The quantitative estimate of drug-likeness (QED) is 0.486. The lowest BCUT2D eigenvalue weighted by molar-refractivity contribution is 0.0955. The summed E-state index contributed by atoms with van der Waals surface area (Å²) in [7, 11) is 0. The SMILES string of the molecule is Cc1cc(C)n(-c2cc(NCCNC(=O)c3ccc4nccnc4c3)ncn2)n1. The minimum Gasteiger partial charge on any atom is -0.368 e. The molecule has 0 saturated carbocycles. The van der Waals surface area contributed by atoms with E-state index in [9.17, 15) is 4.79 Å². The standard InChI is InChI=1S/C20H20N8O/c1-13-9-14(2)28(27-13)19-11-18(25-12-26-19)23-7-8-24-20(29)15-3-4-16-17(10-15)22-6-5-21-16/h3-6,9-12H,7-8H2,1-2H3,(H,24,29)(H,23,25,26). The Hall–Kier alpha value is -3.88. The molecule has 3 heterocycles. The predicted octanol–water partition coefficient (Wildman–Crippen LogP) is 2.06. The second-order valence-electron chi connectivity index (χ2n) is 6.54. The van der Waals surface area contributed by atoms with Crippen LogP contribution in [0, 0.1) is 13.8 Å². The summed E-state index contributed by atoms with van der Waals surface area (Å²) in [5.74, 6) is 1.19. The van der Waals surface area contributed by atoms with E-state index in [1.807, 2.05) is 26.0 Å². The summed E-state index contributed by atoms with van der Waals surface area (Å²) in [4.78, 5) is 29.3. The molecule has 0 aliphatic heterocycles. The Labute approximate surface area is 167 Å². The zero-order valence-corrected chi connectivity index (χ0v) is 16.1. The normalized spacial score (nSPS) is 10.8. The van der Waals surface area contributed by atoms with Crippen molar-refractivity contribution in [3.63, 3.8) is 0 Å². The lowest BCUT2D eigenvalue weighted by atomic mass is 10.2. The highest BCUT2D eigenvalue weighted by molar-refractivity contribution is 5.97. The molecule has 0 aliphatic carbocycles. The number of aryl methyl sites for hydroxylation is 2. The van der Waals surface area contributed by atoms with E-state index in [0.717, 1.165) is 16.9 Å². The second kappa shape index (κ2) is 8.01. The van der Waals surface area contributed by atoms with Crippen LogP contribution in [0.3, 0.4) is 0 Å². The van der Waals surface area contributed by atoms with Gasteiger partial charge in [0.2, 0.25) is 0 Å². The number of aromatic nitrogens is 6. The minimum atomic E-state index is -0.162. The summed E-state index contributed by atoms with van der Waals surface area (Å²) < 4.78 is 1.77. The van der Waals surface area contributed by atoms with E-state index < -0.39 is 0 Å². The molecule has 3 aromatic heterocycles. The molecule has 4 aromatic rings. The van der Waals surface area contributed by atoms with Crippen molar-refractivity contribution in [3.8, 4) is 5.82 Å². The summed E-state index contributed by atoms with van der Waals surface area (Å²) in [6, 6.07) is 9.07. The number of nitrogens with one attached hydrogen (secondary N) is 2. The van der Waals surface area contributed by atoms with Crippen molar-refractivity contribution >= 4 is 22.8 Å². The molecule has 0 bridgehead atoms. The number of benzene rings is 1. The van der Waals surface area contributed by atoms with Crippen LogP contribution in [0.1, 0.15) is 21.7 Å². The predicted molar refractivity (Wildman–Crippen MR) is 109 cm³/mol. The maximum atomic E-state index is 12.4. The minimum absolute atomic E-state index is 0.162. The Bertz CT molecular complexity index is 1170. The molecule has 4 rings (SSSR count). The van der Waals surface area contributed by atoms with E-state index in [-0.39, 0.29) is 5.91 Å². The number of hydrogen-bond acceptors (Lipinski definition) is 7. The van der Waals surface area contributed by atoms with E-state index in [1.165, 1.54) is 6.33 Å². The number of nitrogens with zero attached hydrogens (tertiary/aromatic N) is 6. The van der Waals surface area contributed by atoms with Gasteiger partial charge in [0.25, 0.3) is 5.91 Å². The van der Waals surface area contributed by atoms with Gasteiger partial charge in [-0.05, 0) is 38.1 Å². The number of carbonyl (C=O) groups is 1. The molecule has 29 heavy (non-hydrogen) atoms. The Morgan fingerprint density at radius 1 is 0.966 bits per heavy atom. The molecule has 0 fully saturated rings. The van der Waals surface area contributed by atoms with Gasteiger partial charge >= 0.3 is 0 Å². The molecular formula is C20H20N8O. The molecule has 0 unspecified atom stereocenters. The van der Waals surface area contributed by atoms with Crippen molar-refractivity contribution in [2.24, 2.45) is 0 Å². The first-order valence-corrected chi connectivity index (χ1v) is 9.19. The third-order valence-electron chi connectivity index (χ3n) is 4.33. The van der Waals surface area contributed by atoms with Gasteiger partial charge in [-0.1, -0.05) is 0 Å². The van der Waals surface area contributed by atoms with Crippen molar-refractivity contribution in [3.05, 3.63) is 66.0 Å². The number of fused-ring (bicyclic) bond motifs is 1. The van der Waals surface area contributed by atoms with E-state index in [4.69, 9.17) is 0 Å². The first kappa shape index (κ1) is 18.5. The van der Waals surface area contributed by atoms with Crippen LogP contribution >= 0.6 is 0 Å². The number of rotatable bonds is 6.